The minimum Gasteiger partial charge on any atom is -0.545 e. The van der Waals surface area contributed by atoms with E-state index in [1.807, 2.05) is 24.3 Å². The number of carbonyl (C=O) groups excluding carboxylic acids is 2. The normalized spacial score (nSPS) is 10.4. The van der Waals surface area contributed by atoms with Gasteiger partial charge in [0.2, 0.25) is 0 Å². The Labute approximate surface area is 135 Å². The van der Waals surface area contributed by atoms with Gasteiger partial charge in [-0.15, -0.1) is 0 Å². The summed E-state index contributed by atoms with van der Waals surface area (Å²) < 4.78 is 6.21. The first-order valence-corrected chi connectivity index (χ1v) is 7.54. The molecule has 0 unspecified atom stereocenters. The van der Waals surface area contributed by atoms with Crippen molar-refractivity contribution in [2.45, 2.75) is 0 Å². The Bertz CT molecular complexity index is 842. The summed E-state index contributed by atoms with van der Waals surface area (Å²) >= 11 is 1.35. The average Bonchev–Trinajstić information content (AvgIpc) is 2.95. The second-order valence-electron chi connectivity index (χ2n) is 4.61. The van der Waals surface area contributed by atoms with Crippen LogP contribution in [0.4, 0.5) is 5.13 Å². The highest BCUT2D eigenvalue weighted by Gasteiger charge is 2.10. The van der Waals surface area contributed by atoms with Crippen LogP contribution in [0.1, 0.15) is 10.4 Å². The van der Waals surface area contributed by atoms with Gasteiger partial charge in [-0.1, -0.05) is 35.6 Å². The number of amides is 1. The number of thiazole rings is 1. The molecule has 3 rings (SSSR count). The van der Waals surface area contributed by atoms with E-state index in [4.69, 9.17) is 4.74 Å². The minimum atomic E-state index is -1.35. The lowest BCUT2D eigenvalue weighted by Crippen LogP contribution is -2.25. The van der Waals surface area contributed by atoms with Crippen molar-refractivity contribution in [3.05, 3.63) is 54.1 Å². The van der Waals surface area contributed by atoms with Gasteiger partial charge in [-0.05, 0) is 24.3 Å². The topological polar surface area (TPSA) is 91.4 Å². The van der Waals surface area contributed by atoms with Gasteiger partial charge in [0.05, 0.1) is 16.2 Å². The number of fused-ring (bicyclic) bond motifs is 1. The number of para-hydroxylation sites is 2. The summed E-state index contributed by atoms with van der Waals surface area (Å²) in [5.74, 6) is -1.68. The van der Waals surface area contributed by atoms with Crippen LogP contribution in [0.15, 0.2) is 48.5 Å². The van der Waals surface area contributed by atoms with Crippen molar-refractivity contribution in [3.63, 3.8) is 0 Å². The molecule has 1 N–H and O–H groups in total. The summed E-state index contributed by atoms with van der Waals surface area (Å²) in [5, 5.41) is 14.1. The number of hydrogen-bond acceptors (Lipinski definition) is 6. The highest BCUT2D eigenvalue weighted by atomic mass is 32.1. The molecule has 0 bridgehead atoms. The zero-order chi connectivity index (χ0) is 16.2. The molecule has 6 nitrogen and oxygen atoms in total. The molecule has 1 heterocycles. The number of nitrogens with zero attached hydrogens (tertiary/aromatic N) is 1. The average molecular weight is 327 g/mol. The Morgan fingerprint density at radius 3 is 2.65 bits per heavy atom. The van der Waals surface area contributed by atoms with Crippen LogP contribution in [0.3, 0.4) is 0 Å². The van der Waals surface area contributed by atoms with E-state index in [0.29, 0.717) is 5.13 Å². The number of aromatic carboxylic acids is 1. The number of carboxylic acid groups (broad SMARTS) is 1. The summed E-state index contributed by atoms with van der Waals surface area (Å²) in [4.78, 5) is 27.1. The summed E-state index contributed by atoms with van der Waals surface area (Å²) in [6.07, 6.45) is 0. The molecule has 2 aromatic carbocycles. The Hall–Kier alpha value is -2.93. The number of nitrogens with one attached hydrogen (secondary N) is 1. The van der Waals surface area contributed by atoms with Gasteiger partial charge >= 0.3 is 0 Å². The molecule has 0 radical (unpaired) electrons. The van der Waals surface area contributed by atoms with Crippen LogP contribution in [0.5, 0.6) is 5.75 Å². The van der Waals surface area contributed by atoms with Gasteiger partial charge in [0.1, 0.15) is 5.75 Å². The molecule has 23 heavy (non-hydrogen) atoms. The fraction of sp³-hybridized carbons (Fsp3) is 0.0625. The number of benzene rings is 2. The van der Waals surface area contributed by atoms with E-state index in [0.717, 1.165) is 10.2 Å². The minimum absolute atomic E-state index is 0.0898. The SMILES string of the molecule is O=C(COc1ccccc1C(=O)[O-])Nc1nc2ccccc2s1. The highest BCUT2D eigenvalue weighted by Crippen LogP contribution is 2.25. The molecule has 3 aromatic rings. The molecular weight excluding hydrogens is 316 g/mol. The quantitative estimate of drug-likeness (QED) is 0.770. The number of carbonyl (C=O) groups is 2. The maximum absolute atomic E-state index is 11.9. The Balaban J connectivity index is 1.65. The third-order valence-electron chi connectivity index (χ3n) is 3.01. The molecule has 1 amide bonds. The molecule has 0 atom stereocenters. The van der Waals surface area contributed by atoms with E-state index in [2.05, 4.69) is 10.3 Å². The molecule has 116 valence electrons. The monoisotopic (exact) mass is 327 g/mol. The Kier molecular flexibility index (Phi) is 4.20. The summed E-state index contributed by atoms with van der Waals surface area (Å²) in [7, 11) is 0. The molecular formula is C16H11N2O4S-. The zero-order valence-corrected chi connectivity index (χ0v) is 12.6. The Morgan fingerprint density at radius 1 is 1.13 bits per heavy atom. The van der Waals surface area contributed by atoms with Crippen LogP contribution < -0.4 is 15.2 Å². The van der Waals surface area contributed by atoms with Gasteiger partial charge in [0, 0.05) is 5.56 Å². The van der Waals surface area contributed by atoms with E-state index in [1.165, 1.54) is 23.5 Å². The van der Waals surface area contributed by atoms with Crippen LogP contribution >= 0.6 is 11.3 Å². The maximum Gasteiger partial charge on any atom is 0.264 e. The first-order valence-electron chi connectivity index (χ1n) is 6.72. The fourth-order valence-corrected chi connectivity index (χ4v) is 2.87. The van der Waals surface area contributed by atoms with E-state index < -0.39 is 11.9 Å². The highest BCUT2D eigenvalue weighted by molar-refractivity contribution is 7.22. The van der Waals surface area contributed by atoms with Gasteiger partial charge in [-0.2, -0.15) is 0 Å². The molecule has 0 saturated heterocycles. The third kappa shape index (κ3) is 3.46. The van der Waals surface area contributed by atoms with Gasteiger partial charge in [0.25, 0.3) is 5.91 Å². The van der Waals surface area contributed by atoms with Crippen LogP contribution in [-0.4, -0.2) is 23.5 Å². The van der Waals surface area contributed by atoms with Crippen LogP contribution in [0.25, 0.3) is 10.2 Å². The van der Waals surface area contributed by atoms with Crippen LogP contribution in [-0.2, 0) is 4.79 Å². The number of anilines is 1. The number of rotatable bonds is 5. The van der Waals surface area contributed by atoms with E-state index in [9.17, 15) is 14.7 Å². The molecule has 7 heteroatoms. The van der Waals surface area contributed by atoms with Crippen molar-refractivity contribution < 1.29 is 19.4 Å². The largest absolute Gasteiger partial charge is 0.545 e. The summed E-state index contributed by atoms with van der Waals surface area (Å²) in [5.41, 5.74) is 0.705. The number of hydrogen-bond donors (Lipinski definition) is 1. The molecule has 0 aliphatic heterocycles. The van der Waals surface area contributed by atoms with E-state index >= 15 is 0 Å². The lowest BCUT2D eigenvalue weighted by atomic mass is 10.2. The van der Waals surface area contributed by atoms with Crippen LogP contribution in [0.2, 0.25) is 0 Å². The second-order valence-corrected chi connectivity index (χ2v) is 5.64. The lowest BCUT2D eigenvalue weighted by Gasteiger charge is -2.11. The molecule has 0 fully saturated rings. The van der Waals surface area contributed by atoms with Crippen molar-refractivity contribution in [1.82, 2.24) is 4.98 Å². The van der Waals surface area contributed by atoms with Crippen molar-refractivity contribution in [2.24, 2.45) is 0 Å². The molecule has 1 aromatic heterocycles. The first-order chi connectivity index (χ1) is 11.1. The second kappa shape index (κ2) is 6.45. The summed E-state index contributed by atoms with van der Waals surface area (Å²) in [6, 6.07) is 13.5. The Morgan fingerprint density at radius 2 is 1.87 bits per heavy atom. The van der Waals surface area contributed by atoms with Crippen molar-refractivity contribution in [2.75, 3.05) is 11.9 Å². The van der Waals surface area contributed by atoms with E-state index in [-0.39, 0.29) is 17.9 Å². The van der Waals surface area contributed by atoms with Crippen molar-refractivity contribution in [1.29, 1.82) is 0 Å². The van der Waals surface area contributed by atoms with Gasteiger partial charge in [-0.3, -0.25) is 10.1 Å². The zero-order valence-electron chi connectivity index (χ0n) is 11.8. The third-order valence-corrected chi connectivity index (χ3v) is 3.96. The standard InChI is InChI=1S/C16H12N2O4S/c19-14(9-22-12-7-3-1-5-10(12)15(20)21)18-16-17-11-6-2-4-8-13(11)23-16/h1-8H,9H2,(H,20,21)(H,17,18,19)/p-1. The van der Waals surface area contributed by atoms with Crippen molar-refractivity contribution >= 4 is 38.6 Å². The van der Waals surface area contributed by atoms with Gasteiger partial charge < -0.3 is 14.6 Å². The van der Waals surface area contributed by atoms with Crippen molar-refractivity contribution in [3.8, 4) is 5.75 Å². The molecule has 0 saturated carbocycles. The molecule has 0 aliphatic rings. The van der Waals surface area contributed by atoms with E-state index in [1.54, 1.807) is 12.1 Å². The van der Waals surface area contributed by atoms with Gasteiger partial charge in [-0.25, -0.2) is 4.98 Å². The molecule has 0 spiro atoms. The first kappa shape index (κ1) is 15.0. The predicted octanol–water partition coefficient (Wildman–Crippen LogP) is 1.68. The maximum atomic E-state index is 11.9. The van der Waals surface area contributed by atoms with Crippen LogP contribution in [0, 0.1) is 0 Å². The summed E-state index contributed by atoms with van der Waals surface area (Å²) in [6.45, 7) is -0.319. The number of aromatic nitrogens is 1. The lowest BCUT2D eigenvalue weighted by molar-refractivity contribution is -0.255. The predicted molar refractivity (Wildman–Crippen MR) is 84.5 cm³/mol. The molecule has 0 aliphatic carbocycles. The number of carboxylic acids is 1. The smallest absolute Gasteiger partial charge is 0.264 e. The van der Waals surface area contributed by atoms with Gasteiger partial charge in [0.15, 0.2) is 11.7 Å². The fourth-order valence-electron chi connectivity index (χ4n) is 1.99. The number of ether oxygens (including phenoxy) is 1.